The van der Waals surface area contributed by atoms with Gasteiger partial charge >= 0.3 is 5.97 Å². The maximum Gasteiger partial charge on any atom is 0.318 e. The second kappa shape index (κ2) is 9.20. The van der Waals surface area contributed by atoms with Gasteiger partial charge in [0.25, 0.3) is 0 Å². The number of nitrogens with zero attached hydrogens (tertiary/aromatic N) is 1. The van der Waals surface area contributed by atoms with Crippen LogP contribution in [0.25, 0.3) is 0 Å². The summed E-state index contributed by atoms with van der Waals surface area (Å²) in [6.07, 6.45) is 5.53. The Morgan fingerprint density at radius 3 is 2.33 bits per heavy atom. The molecule has 6 rings (SSSR count). The summed E-state index contributed by atoms with van der Waals surface area (Å²) in [6.45, 7) is 8.40. The Morgan fingerprint density at radius 2 is 1.69 bits per heavy atom. The smallest absolute Gasteiger partial charge is 0.318 e. The lowest BCUT2D eigenvalue weighted by atomic mass is 9.69. The summed E-state index contributed by atoms with van der Waals surface area (Å²) in [5, 5.41) is 2.00. The van der Waals surface area contributed by atoms with Gasteiger partial charge < -0.3 is 9.57 Å². The number of benzene rings is 2. The van der Waals surface area contributed by atoms with Crippen LogP contribution < -0.4 is 0 Å². The Balaban J connectivity index is 1.28. The van der Waals surface area contributed by atoms with E-state index in [1.165, 1.54) is 0 Å². The van der Waals surface area contributed by atoms with Gasteiger partial charge in [0.2, 0.25) is 0 Å². The molecule has 2 saturated heterocycles. The van der Waals surface area contributed by atoms with Crippen LogP contribution in [0.2, 0.25) is 0 Å². The molecule has 0 unspecified atom stereocenters. The van der Waals surface area contributed by atoms with Gasteiger partial charge in [-0.2, -0.15) is 0 Å². The Morgan fingerprint density at radius 1 is 1.03 bits per heavy atom. The maximum absolute atomic E-state index is 14.0. The topological polar surface area (TPSA) is 72.9 Å². The van der Waals surface area contributed by atoms with Crippen LogP contribution in [-0.4, -0.2) is 37.3 Å². The highest BCUT2D eigenvalue weighted by molar-refractivity contribution is 7.91. The van der Waals surface area contributed by atoms with Crippen LogP contribution in [-0.2, 0) is 29.7 Å². The second-order valence-electron chi connectivity index (χ2n) is 12.7. The molecular formula is C32H39NO5S. The Bertz CT molecular complexity index is 1390. The molecule has 2 aliphatic carbocycles. The molecule has 6 atom stereocenters. The number of sulfone groups is 1. The number of ether oxygens (including phenoxy) is 1. The lowest BCUT2D eigenvalue weighted by molar-refractivity contribution is -0.164. The highest BCUT2D eigenvalue weighted by Crippen LogP contribution is 2.67. The van der Waals surface area contributed by atoms with Crippen LogP contribution in [0, 0.1) is 22.7 Å². The molecule has 7 heteroatoms. The van der Waals surface area contributed by atoms with Gasteiger partial charge in [-0.25, -0.2) is 8.42 Å². The van der Waals surface area contributed by atoms with Crippen LogP contribution in [0.1, 0.15) is 65.4 Å². The number of carbonyl (C=O) groups excluding carboxylic acids is 1. The van der Waals surface area contributed by atoms with Gasteiger partial charge in [0.05, 0.1) is 22.2 Å². The van der Waals surface area contributed by atoms with E-state index in [1.54, 1.807) is 24.3 Å². The third-order valence-electron chi connectivity index (χ3n) is 10.7. The lowest BCUT2D eigenvalue weighted by Crippen LogP contribution is -2.47. The van der Waals surface area contributed by atoms with E-state index in [4.69, 9.17) is 9.57 Å². The fraction of sp³-hybridized carbons (Fsp3) is 0.531. The molecule has 2 aromatic rings. The number of hydrogen-bond acceptors (Lipinski definition) is 6. The largest absolute Gasteiger partial charge is 0.461 e. The molecule has 0 aromatic heterocycles. The zero-order chi connectivity index (χ0) is 27.6. The normalized spacial score (nSPS) is 36.2. The first-order chi connectivity index (χ1) is 18.5. The molecule has 2 bridgehead atoms. The molecule has 208 valence electrons. The van der Waals surface area contributed by atoms with Crippen molar-refractivity contribution in [2.24, 2.45) is 22.7 Å². The van der Waals surface area contributed by atoms with Gasteiger partial charge in [0.15, 0.2) is 9.84 Å². The Kier molecular flexibility index (Phi) is 6.27. The predicted molar refractivity (Wildman–Crippen MR) is 149 cm³/mol. The summed E-state index contributed by atoms with van der Waals surface area (Å²) in [4.78, 5) is 20.7. The molecule has 0 spiro atoms. The first kappa shape index (κ1) is 26.6. The summed E-state index contributed by atoms with van der Waals surface area (Å²) < 4.78 is 33.7. The Labute approximate surface area is 232 Å². The van der Waals surface area contributed by atoms with Crippen molar-refractivity contribution in [2.75, 3.05) is 5.75 Å². The molecule has 6 nitrogen and oxygen atoms in total. The molecule has 0 N–H and O–H groups in total. The third-order valence-corrected chi connectivity index (χ3v) is 12.6. The summed E-state index contributed by atoms with van der Waals surface area (Å²) >= 11 is 0. The molecule has 4 aliphatic rings. The second-order valence-corrected chi connectivity index (χ2v) is 14.7. The van der Waals surface area contributed by atoms with Crippen LogP contribution in [0.4, 0.5) is 0 Å². The fourth-order valence-corrected chi connectivity index (χ4v) is 10.3. The minimum Gasteiger partial charge on any atom is -0.461 e. The van der Waals surface area contributed by atoms with E-state index >= 15 is 0 Å². The quantitative estimate of drug-likeness (QED) is 0.409. The minimum absolute atomic E-state index is 0.00919. The zero-order valence-corrected chi connectivity index (χ0v) is 24.1. The summed E-state index contributed by atoms with van der Waals surface area (Å²) in [6, 6.07) is 18.8. The van der Waals surface area contributed by atoms with E-state index in [0.717, 1.165) is 31.2 Å². The van der Waals surface area contributed by atoms with Crippen molar-refractivity contribution in [1.29, 1.82) is 0 Å². The standard InChI is InChI=1S/C32H39NO5S/c1-5-26-28(25-17-18-31(4,33(25)38-26)22-12-8-6-9-13-22)29(34)37-27-20-23-16-19-32(27,30(23,2)3)21-39(35,36)24-14-10-7-11-15-24/h5-15,23,25,27-28H,16-21H2,1-4H3/b26-5-/t23-,25-,27-,28-,31+,32-/m1/s1. The number of allylic oxidation sites excluding steroid dienone is 1. The van der Waals surface area contributed by atoms with Crippen LogP contribution in [0.15, 0.2) is 77.4 Å². The number of esters is 1. The molecule has 39 heavy (non-hydrogen) atoms. The van der Waals surface area contributed by atoms with Crippen LogP contribution in [0.5, 0.6) is 0 Å². The Hall–Kier alpha value is -2.64. The van der Waals surface area contributed by atoms with E-state index in [2.05, 4.69) is 32.9 Å². The average molecular weight is 550 g/mol. The fourth-order valence-electron chi connectivity index (χ4n) is 8.20. The molecular weight excluding hydrogens is 510 g/mol. The monoisotopic (exact) mass is 549 g/mol. The van der Waals surface area contributed by atoms with Crippen molar-refractivity contribution in [1.82, 2.24) is 5.06 Å². The van der Waals surface area contributed by atoms with Gasteiger partial charge in [-0.1, -0.05) is 62.4 Å². The SMILES string of the molecule is C/C=C1\ON2[C@H](CC[C@@]2(C)c2ccccc2)[C@H]1C(=O)O[C@@H]1C[C@H]2CC[C@]1(CS(=O)(=O)c1ccccc1)C2(C)C. The summed E-state index contributed by atoms with van der Waals surface area (Å²) in [7, 11) is -3.56. The van der Waals surface area contributed by atoms with Crippen LogP contribution >= 0.6 is 0 Å². The van der Waals surface area contributed by atoms with Crippen molar-refractivity contribution < 1.29 is 22.8 Å². The van der Waals surface area contributed by atoms with Crippen molar-refractivity contribution in [3.05, 3.63) is 78.1 Å². The average Bonchev–Trinajstić information content (AvgIpc) is 3.59. The summed E-state index contributed by atoms with van der Waals surface area (Å²) in [5.74, 6) is 0.125. The summed E-state index contributed by atoms with van der Waals surface area (Å²) in [5.41, 5.74) is -0.0438. The first-order valence-electron chi connectivity index (χ1n) is 14.2. The molecule has 2 aliphatic heterocycles. The molecule has 2 saturated carbocycles. The highest BCUT2D eigenvalue weighted by atomic mass is 32.2. The number of carbonyl (C=O) groups is 1. The van der Waals surface area contributed by atoms with E-state index in [-0.39, 0.29) is 28.7 Å². The number of hydrogen-bond donors (Lipinski definition) is 0. The molecule has 2 heterocycles. The van der Waals surface area contributed by atoms with Crippen LogP contribution in [0.3, 0.4) is 0 Å². The lowest BCUT2D eigenvalue weighted by Gasteiger charge is -2.41. The van der Waals surface area contributed by atoms with E-state index in [9.17, 15) is 13.2 Å². The van der Waals surface area contributed by atoms with Gasteiger partial charge in [-0.3, -0.25) is 4.79 Å². The van der Waals surface area contributed by atoms with E-state index < -0.39 is 27.3 Å². The van der Waals surface area contributed by atoms with Crippen molar-refractivity contribution in [3.63, 3.8) is 0 Å². The third kappa shape index (κ3) is 3.91. The minimum atomic E-state index is -3.56. The van der Waals surface area contributed by atoms with Gasteiger partial charge in [-0.05, 0) is 81.1 Å². The van der Waals surface area contributed by atoms with Crippen molar-refractivity contribution >= 4 is 15.8 Å². The molecule has 2 aromatic carbocycles. The van der Waals surface area contributed by atoms with E-state index in [1.807, 2.05) is 42.3 Å². The number of hydroxylamine groups is 2. The van der Waals surface area contributed by atoms with Crippen molar-refractivity contribution in [3.8, 4) is 0 Å². The van der Waals surface area contributed by atoms with Gasteiger partial charge in [-0.15, -0.1) is 5.06 Å². The molecule has 0 amide bonds. The number of fused-ring (bicyclic) bond motifs is 3. The van der Waals surface area contributed by atoms with E-state index in [0.29, 0.717) is 23.0 Å². The first-order valence-corrected chi connectivity index (χ1v) is 15.9. The van der Waals surface area contributed by atoms with Gasteiger partial charge in [0.1, 0.15) is 17.8 Å². The zero-order valence-electron chi connectivity index (χ0n) is 23.3. The number of rotatable bonds is 6. The molecule has 0 radical (unpaired) electrons. The predicted octanol–water partition coefficient (Wildman–Crippen LogP) is 6.04. The highest BCUT2D eigenvalue weighted by Gasteiger charge is 2.67. The maximum atomic E-state index is 14.0. The molecule has 4 fully saturated rings. The van der Waals surface area contributed by atoms with Gasteiger partial charge in [0, 0.05) is 5.41 Å². The van der Waals surface area contributed by atoms with Crippen molar-refractivity contribution in [2.45, 2.75) is 82.4 Å².